The van der Waals surface area contributed by atoms with Gasteiger partial charge in [0.2, 0.25) is 0 Å². The largest absolute Gasteiger partial charge is 0.361 e. The molecule has 1 amide bonds. The van der Waals surface area contributed by atoms with Crippen LogP contribution in [0.15, 0.2) is 61.1 Å². The zero-order valence-corrected chi connectivity index (χ0v) is 15.8. The molecule has 2 N–H and O–H groups in total. The minimum absolute atomic E-state index is 0.137. The van der Waals surface area contributed by atoms with E-state index in [-0.39, 0.29) is 5.91 Å². The zero-order valence-electron chi connectivity index (χ0n) is 14.2. The average Bonchev–Trinajstić information content (AvgIpc) is 3.33. The van der Waals surface area contributed by atoms with Gasteiger partial charge >= 0.3 is 0 Å². The molecule has 7 heteroatoms. The van der Waals surface area contributed by atoms with Crippen LogP contribution in [-0.2, 0) is 6.42 Å². The summed E-state index contributed by atoms with van der Waals surface area (Å²) in [5.41, 5.74) is 3.32. The van der Waals surface area contributed by atoms with Crippen molar-refractivity contribution < 1.29 is 4.79 Å². The Kier molecular flexibility index (Phi) is 4.88. The maximum absolute atomic E-state index is 12.7. The number of nitrogens with zero attached hydrogens (tertiary/aromatic N) is 2. The molecule has 2 aromatic heterocycles. The van der Waals surface area contributed by atoms with Crippen molar-refractivity contribution in [3.63, 3.8) is 0 Å². The molecule has 0 fully saturated rings. The summed E-state index contributed by atoms with van der Waals surface area (Å²) in [6.07, 6.45) is 6.09. The second-order valence-electron chi connectivity index (χ2n) is 6.10. The van der Waals surface area contributed by atoms with E-state index in [4.69, 9.17) is 23.2 Å². The predicted octanol–water partition coefficient (Wildman–Crippen LogP) is 4.63. The highest BCUT2D eigenvalue weighted by Gasteiger charge is 2.13. The van der Waals surface area contributed by atoms with Crippen LogP contribution in [0.1, 0.15) is 15.9 Å². The van der Waals surface area contributed by atoms with Crippen LogP contribution in [0, 0.1) is 0 Å². The van der Waals surface area contributed by atoms with Gasteiger partial charge in [0.1, 0.15) is 0 Å². The summed E-state index contributed by atoms with van der Waals surface area (Å²) in [5.74, 6) is -0.137. The summed E-state index contributed by atoms with van der Waals surface area (Å²) < 4.78 is 1.68. The number of hydrogen-bond acceptors (Lipinski definition) is 2. The van der Waals surface area contributed by atoms with Crippen molar-refractivity contribution in [2.75, 3.05) is 6.54 Å². The van der Waals surface area contributed by atoms with E-state index in [9.17, 15) is 4.79 Å². The lowest BCUT2D eigenvalue weighted by Crippen LogP contribution is -2.26. The van der Waals surface area contributed by atoms with Gasteiger partial charge in [0.25, 0.3) is 5.91 Å². The van der Waals surface area contributed by atoms with Crippen molar-refractivity contribution in [3.05, 3.63) is 82.2 Å². The molecule has 0 unspecified atom stereocenters. The van der Waals surface area contributed by atoms with Crippen molar-refractivity contribution in [2.24, 2.45) is 0 Å². The summed E-state index contributed by atoms with van der Waals surface area (Å²) in [6, 6.07) is 12.9. The third-order valence-electron chi connectivity index (χ3n) is 4.39. The Balaban J connectivity index is 1.48. The molecule has 0 aliphatic carbocycles. The molecule has 4 rings (SSSR count). The lowest BCUT2D eigenvalue weighted by atomic mass is 10.1. The van der Waals surface area contributed by atoms with Crippen LogP contribution in [0.3, 0.4) is 0 Å². The summed E-state index contributed by atoms with van der Waals surface area (Å²) in [5, 5.41) is 9.23. The van der Waals surface area contributed by atoms with Crippen LogP contribution in [0.25, 0.3) is 16.6 Å². The number of H-pyrrole nitrogens is 1. The number of aromatic amines is 1. The van der Waals surface area contributed by atoms with E-state index in [0.29, 0.717) is 28.6 Å². The second kappa shape index (κ2) is 7.47. The molecule has 0 saturated heterocycles. The van der Waals surface area contributed by atoms with Crippen molar-refractivity contribution in [3.8, 4) is 5.69 Å². The number of rotatable bonds is 5. The zero-order chi connectivity index (χ0) is 18.8. The quantitative estimate of drug-likeness (QED) is 0.514. The standard InChI is InChI=1S/C20H16Cl2N4O/c21-16-10-15-13(12-24-18(15)11-17(16)22)6-8-23-20(27)14-4-1-2-5-19(14)26-9-3-7-25-26/h1-5,7,9-12,24H,6,8H2,(H,23,27). The molecule has 0 bridgehead atoms. The molecular weight excluding hydrogens is 383 g/mol. The topological polar surface area (TPSA) is 62.7 Å². The summed E-state index contributed by atoms with van der Waals surface area (Å²) in [4.78, 5) is 15.8. The Morgan fingerprint density at radius 2 is 1.96 bits per heavy atom. The first-order valence-electron chi connectivity index (χ1n) is 8.46. The number of hydrogen-bond donors (Lipinski definition) is 2. The molecule has 0 aliphatic heterocycles. The van der Waals surface area contributed by atoms with E-state index in [1.54, 1.807) is 16.9 Å². The summed E-state index contributed by atoms with van der Waals surface area (Å²) in [6.45, 7) is 0.499. The first-order chi connectivity index (χ1) is 13.1. The van der Waals surface area contributed by atoms with Gasteiger partial charge in [0.05, 0.1) is 21.3 Å². The number of fused-ring (bicyclic) bond motifs is 1. The maximum atomic E-state index is 12.7. The van der Waals surface area contributed by atoms with Gasteiger partial charge in [0.15, 0.2) is 0 Å². The second-order valence-corrected chi connectivity index (χ2v) is 6.91. The predicted molar refractivity (Wildman–Crippen MR) is 108 cm³/mol. The molecule has 5 nitrogen and oxygen atoms in total. The highest BCUT2D eigenvalue weighted by molar-refractivity contribution is 6.42. The van der Waals surface area contributed by atoms with Gasteiger partial charge < -0.3 is 10.3 Å². The normalized spacial score (nSPS) is 11.0. The number of nitrogens with one attached hydrogen (secondary N) is 2. The maximum Gasteiger partial charge on any atom is 0.253 e. The highest BCUT2D eigenvalue weighted by atomic mass is 35.5. The van der Waals surface area contributed by atoms with Crippen LogP contribution >= 0.6 is 23.2 Å². The molecule has 0 spiro atoms. The fourth-order valence-electron chi connectivity index (χ4n) is 3.06. The fourth-order valence-corrected chi connectivity index (χ4v) is 3.39. The number of carbonyl (C=O) groups is 1. The Morgan fingerprint density at radius 3 is 2.78 bits per heavy atom. The van der Waals surface area contributed by atoms with Crippen molar-refractivity contribution in [2.45, 2.75) is 6.42 Å². The molecule has 4 aromatic rings. The van der Waals surface area contributed by atoms with Crippen LogP contribution in [0.2, 0.25) is 10.0 Å². The molecule has 2 aromatic carbocycles. The summed E-state index contributed by atoms with van der Waals surface area (Å²) in [7, 11) is 0. The van der Waals surface area contributed by atoms with E-state index >= 15 is 0 Å². The first-order valence-corrected chi connectivity index (χ1v) is 9.21. The third-order valence-corrected chi connectivity index (χ3v) is 5.11. The SMILES string of the molecule is O=C(NCCc1c[nH]c2cc(Cl)c(Cl)cc12)c1ccccc1-n1cccn1. The van der Waals surface area contributed by atoms with E-state index in [1.165, 1.54) is 0 Å². The van der Waals surface area contributed by atoms with Crippen LogP contribution in [0.5, 0.6) is 0 Å². The van der Waals surface area contributed by atoms with E-state index in [2.05, 4.69) is 15.4 Å². The fraction of sp³-hybridized carbons (Fsp3) is 0.100. The molecule has 2 heterocycles. The smallest absolute Gasteiger partial charge is 0.253 e. The molecule has 0 saturated carbocycles. The average molecular weight is 399 g/mol. The number of halogens is 2. The van der Waals surface area contributed by atoms with Gasteiger partial charge in [-0.15, -0.1) is 0 Å². The van der Waals surface area contributed by atoms with Gasteiger partial charge in [0, 0.05) is 36.0 Å². The first kappa shape index (κ1) is 17.6. The highest BCUT2D eigenvalue weighted by Crippen LogP contribution is 2.29. The van der Waals surface area contributed by atoms with Gasteiger partial charge in [-0.2, -0.15) is 5.10 Å². The molecule has 136 valence electrons. The van der Waals surface area contributed by atoms with Gasteiger partial charge in [-0.3, -0.25) is 4.79 Å². The van der Waals surface area contributed by atoms with Crippen LogP contribution in [-0.4, -0.2) is 27.2 Å². The lowest BCUT2D eigenvalue weighted by molar-refractivity contribution is 0.0954. The molecule has 0 radical (unpaired) electrons. The van der Waals surface area contributed by atoms with Crippen molar-refractivity contribution in [1.82, 2.24) is 20.1 Å². The molecular formula is C20H16Cl2N4O. The van der Waals surface area contributed by atoms with Gasteiger partial charge in [-0.1, -0.05) is 35.3 Å². The minimum Gasteiger partial charge on any atom is -0.361 e. The minimum atomic E-state index is -0.137. The number of para-hydroxylation sites is 1. The Hall–Kier alpha value is -2.76. The molecule has 0 atom stereocenters. The van der Waals surface area contributed by atoms with Gasteiger partial charge in [-0.25, -0.2) is 4.68 Å². The Morgan fingerprint density at radius 1 is 1.15 bits per heavy atom. The monoisotopic (exact) mass is 398 g/mol. The number of amides is 1. The Bertz CT molecular complexity index is 1100. The molecule has 27 heavy (non-hydrogen) atoms. The van der Waals surface area contributed by atoms with Gasteiger partial charge in [-0.05, 0) is 42.3 Å². The number of aromatic nitrogens is 3. The van der Waals surface area contributed by atoms with Crippen molar-refractivity contribution >= 4 is 40.0 Å². The van der Waals surface area contributed by atoms with E-state index in [1.807, 2.05) is 48.8 Å². The van der Waals surface area contributed by atoms with Crippen molar-refractivity contribution in [1.29, 1.82) is 0 Å². The van der Waals surface area contributed by atoms with E-state index < -0.39 is 0 Å². The summed E-state index contributed by atoms with van der Waals surface area (Å²) >= 11 is 12.2. The van der Waals surface area contributed by atoms with Crippen LogP contribution in [0.4, 0.5) is 0 Å². The third kappa shape index (κ3) is 3.56. The number of benzene rings is 2. The number of carbonyl (C=O) groups excluding carboxylic acids is 1. The van der Waals surface area contributed by atoms with E-state index in [0.717, 1.165) is 22.2 Å². The molecule has 0 aliphatic rings. The lowest BCUT2D eigenvalue weighted by Gasteiger charge is -2.10. The Labute approximate surface area is 165 Å². The van der Waals surface area contributed by atoms with Crippen LogP contribution < -0.4 is 5.32 Å².